The summed E-state index contributed by atoms with van der Waals surface area (Å²) < 4.78 is 26.5. The molecule has 0 bridgehead atoms. The molecule has 0 saturated carbocycles. The summed E-state index contributed by atoms with van der Waals surface area (Å²) in [5, 5.41) is 2.54. The molecule has 4 nitrogen and oxygen atoms in total. The van der Waals surface area contributed by atoms with Gasteiger partial charge in [-0.2, -0.15) is 0 Å². The molecule has 2 amide bonds. The first-order valence-corrected chi connectivity index (χ1v) is 7.22. The SMILES string of the molecule is NC(=O)CSc1ccccc1NC(=O)c1ccc(F)cc1F. The van der Waals surface area contributed by atoms with Crippen LogP contribution in [-0.2, 0) is 4.79 Å². The van der Waals surface area contributed by atoms with E-state index >= 15 is 0 Å². The molecule has 0 heterocycles. The molecule has 2 aromatic rings. The molecule has 3 N–H and O–H groups in total. The lowest BCUT2D eigenvalue weighted by atomic mass is 10.2. The number of hydrogen-bond acceptors (Lipinski definition) is 3. The molecule has 114 valence electrons. The minimum Gasteiger partial charge on any atom is -0.369 e. The predicted octanol–water partition coefficient (Wildman–Crippen LogP) is 2.79. The Hall–Kier alpha value is -2.41. The highest BCUT2D eigenvalue weighted by molar-refractivity contribution is 8.00. The summed E-state index contributed by atoms with van der Waals surface area (Å²) in [5.41, 5.74) is 5.24. The van der Waals surface area contributed by atoms with Crippen LogP contribution < -0.4 is 11.1 Å². The van der Waals surface area contributed by atoms with E-state index < -0.39 is 23.4 Å². The zero-order valence-corrected chi connectivity index (χ0v) is 12.1. The monoisotopic (exact) mass is 322 g/mol. The summed E-state index contributed by atoms with van der Waals surface area (Å²) in [6, 6.07) is 9.45. The van der Waals surface area contributed by atoms with E-state index in [-0.39, 0.29) is 11.3 Å². The number of nitrogens with two attached hydrogens (primary N) is 1. The number of benzene rings is 2. The Bertz CT molecular complexity index is 722. The normalized spacial score (nSPS) is 10.3. The van der Waals surface area contributed by atoms with Gasteiger partial charge in [0.15, 0.2) is 0 Å². The highest BCUT2D eigenvalue weighted by Crippen LogP contribution is 2.27. The second-order valence-electron chi connectivity index (χ2n) is 4.33. The van der Waals surface area contributed by atoms with Gasteiger partial charge in [-0.1, -0.05) is 12.1 Å². The van der Waals surface area contributed by atoms with E-state index in [1.807, 2.05) is 0 Å². The van der Waals surface area contributed by atoms with Gasteiger partial charge in [0.2, 0.25) is 5.91 Å². The molecule has 22 heavy (non-hydrogen) atoms. The van der Waals surface area contributed by atoms with Gasteiger partial charge in [0, 0.05) is 11.0 Å². The molecule has 0 aliphatic rings. The van der Waals surface area contributed by atoms with Gasteiger partial charge in [0.1, 0.15) is 11.6 Å². The minimum atomic E-state index is -0.945. The quantitative estimate of drug-likeness (QED) is 0.832. The van der Waals surface area contributed by atoms with Crippen LogP contribution in [0.2, 0.25) is 0 Å². The van der Waals surface area contributed by atoms with Crippen molar-refractivity contribution in [3.05, 3.63) is 59.7 Å². The van der Waals surface area contributed by atoms with Gasteiger partial charge in [-0.3, -0.25) is 9.59 Å². The Balaban J connectivity index is 2.19. The third kappa shape index (κ3) is 4.05. The van der Waals surface area contributed by atoms with Crippen molar-refractivity contribution in [3.63, 3.8) is 0 Å². The van der Waals surface area contributed by atoms with Gasteiger partial charge in [0.25, 0.3) is 5.91 Å². The molecule has 0 fully saturated rings. The Morgan fingerprint density at radius 2 is 1.86 bits per heavy atom. The summed E-state index contributed by atoms with van der Waals surface area (Å²) >= 11 is 1.16. The molecule has 0 atom stereocenters. The third-order valence-electron chi connectivity index (χ3n) is 2.68. The molecule has 0 aromatic heterocycles. The predicted molar refractivity (Wildman–Crippen MR) is 80.7 cm³/mol. The standard InChI is InChI=1S/C15H12F2N2O2S/c16-9-5-6-10(11(17)7-9)15(21)19-12-3-1-2-4-13(12)22-8-14(18)20/h1-7H,8H2,(H2,18,20)(H,19,21). The van der Waals surface area contributed by atoms with E-state index in [9.17, 15) is 18.4 Å². The van der Waals surface area contributed by atoms with E-state index in [1.165, 1.54) is 0 Å². The Kier molecular flexibility index (Phi) is 5.11. The van der Waals surface area contributed by atoms with Crippen molar-refractivity contribution in [2.24, 2.45) is 5.73 Å². The number of halogens is 2. The van der Waals surface area contributed by atoms with Crippen LogP contribution in [0.3, 0.4) is 0 Å². The fourth-order valence-electron chi connectivity index (χ4n) is 1.71. The smallest absolute Gasteiger partial charge is 0.258 e. The van der Waals surface area contributed by atoms with E-state index in [0.29, 0.717) is 16.6 Å². The number of primary amides is 1. The first kappa shape index (κ1) is 16.0. The van der Waals surface area contributed by atoms with E-state index in [1.54, 1.807) is 24.3 Å². The van der Waals surface area contributed by atoms with Crippen LogP contribution in [0.5, 0.6) is 0 Å². The Morgan fingerprint density at radius 3 is 2.55 bits per heavy atom. The lowest BCUT2D eigenvalue weighted by Gasteiger charge is -2.10. The van der Waals surface area contributed by atoms with E-state index in [0.717, 1.165) is 23.9 Å². The number of nitrogens with one attached hydrogen (secondary N) is 1. The fraction of sp³-hybridized carbons (Fsp3) is 0.0667. The van der Waals surface area contributed by atoms with Crippen LogP contribution in [0.15, 0.2) is 47.4 Å². The summed E-state index contributed by atoms with van der Waals surface area (Å²) in [4.78, 5) is 23.5. The van der Waals surface area contributed by atoms with Gasteiger partial charge >= 0.3 is 0 Å². The van der Waals surface area contributed by atoms with E-state index in [4.69, 9.17) is 5.73 Å². The fourth-order valence-corrected chi connectivity index (χ4v) is 2.46. The number of carbonyl (C=O) groups excluding carboxylic acids is 2. The summed E-state index contributed by atoms with van der Waals surface area (Å²) in [6.07, 6.45) is 0. The lowest BCUT2D eigenvalue weighted by molar-refractivity contribution is -0.115. The van der Waals surface area contributed by atoms with Gasteiger partial charge in [-0.15, -0.1) is 11.8 Å². The highest BCUT2D eigenvalue weighted by atomic mass is 32.2. The van der Waals surface area contributed by atoms with Crippen molar-refractivity contribution in [2.75, 3.05) is 11.1 Å². The van der Waals surface area contributed by atoms with E-state index in [2.05, 4.69) is 5.32 Å². The molecule has 7 heteroatoms. The van der Waals surface area contributed by atoms with Crippen LogP contribution in [0.25, 0.3) is 0 Å². The lowest BCUT2D eigenvalue weighted by Crippen LogP contribution is -2.15. The average molecular weight is 322 g/mol. The topological polar surface area (TPSA) is 72.2 Å². The number of amides is 2. The molecule has 0 radical (unpaired) electrons. The van der Waals surface area contributed by atoms with Crippen LogP contribution in [0, 0.1) is 11.6 Å². The zero-order chi connectivity index (χ0) is 16.1. The number of rotatable bonds is 5. The number of hydrogen-bond donors (Lipinski definition) is 2. The van der Waals surface area contributed by atoms with Crippen LogP contribution in [0.4, 0.5) is 14.5 Å². The minimum absolute atomic E-state index is 0.0534. The second kappa shape index (κ2) is 7.04. The summed E-state index contributed by atoms with van der Waals surface area (Å²) in [6.45, 7) is 0. The number of para-hydroxylation sites is 1. The van der Waals surface area contributed by atoms with Crippen molar-refractivity contribution in [1.29, 1.82) is 0 Å². The average Bonchev–Trinajstić information content (AvgIpc) is 2.46. The summed E-state index contributed by atoms with van der Waals surface area (Å²) in [5.74, 6) is -2.84. The van der Waals surface area contributed by atoms with Gasteiger partial charge < -0.3 is 11.1 Å². The van der Waals surface area contributed by atoms with Gasteiger partial charge in [-0.25, -0.2) is 8.78 Å². The molecule has 0 unspecified atom stereocenters. The Morgan fingerprint density at radius 1 is 1.14 bits per heavy atom. The van der Waals surface area contributed by atoms with Crippen molar-refractivity contribution < 1.29 is 18.4 Å². The molecule has 2 rings (SSSR count). The molecule has 0 saturated heterocycles. The molecule has 0 spiro atoms. The maximum Gasteiger partial charge on any atom is 0.258 e. The zero-order valence-electron chi connectivity index (χ0n) is 11.3. The Labute approximate surface area is 129 Å². The van der Waals surface area contributed by atoms with Crippen LogP contribution in [0.1, 0.15) is 10.4 Å². The maximum atomic E-state index is 13.6. The molecular formula is C15H12F2N2O2S. The number of anilines is 1. The number of carbonyl (C=O) groups is 2. The molecule has 0 aliphatic heterocycles. The van der Waals surface area contributed by atoms with Gasteiger partial charge in [0.05, 0.1) is 17.0 Å². The van der Waals surface area contributed by atoms with Crippen LogP contribution >= 0.6 is 11.8 Å². The highest BCUT2D eigenvalue weighted by Gasteiger charge is 2.14. The van der Waals surface area contributed by atoms with Crippen molar-refractivity contribution in [1.82, 2.24) is 0 Å². The van der Waals surface area contributed by atoms with Crippen molar-refractivity contribution in [3.8, 4) is 0 Å². The second-order valence-corrected chi connectivity index (χ2v) is 5.35. The van der Waals surface area contributed by atoms with Crippen LogP contribution in [-0.4, -0.2) is 17.6 Å². The molecule has 0 aliphatic carbocycles. The first-order valence-electron chi connectivity index (χ1n) is 6.24. The molecule has 2 aromatic carbocycles. The van der Waals surface area contributed by atoms with Crippen molar-refractivity contribution in [2.45, 2.75) is 4.90 Å². The largest absolute Gasteiger partial charge is 0.369 e. The van der Waals surface area contributed by atoms with Crippen molar-refractivity contribution >= 4 is 29.3 Å². The maximum absolute atomic E-state index is 13.6. The number of thioether (sulfide) groups is 1. The van der Waals surface area contributed by atoms with Gasteiger partial charge in [-0.05, 0) is 24.3 Å². The first-order chi connectivity index (χ1) is 10.5. The molecular weight excluding hydrogens is 310 g/mol. The summed E-state index contributed by atoms with van der Waals surface area (Å²) in [7, 11) is 0. The third-order valence-corrected chi connectivity index (χ3v) is 3.78.